The molecule has 0 radical (unpaired) electrons. The fourth-order valence-electron chi connectivity index (χ4n) is 1.77. The first-order chi connectivity index (χ1) is 8.88. The van der Waals surface area contributed by atoms with Crippen molar-refractivity contribution in [2.45, 2.75) is 6.92 Å². The van der Waals surface area contributed by atoms with Crippen LogP contribution in [0, 0.1) is 12.7 Å². The van der Waals surface area contributed by atoms with Gasteiger partial charge in [0, 0.05) is 18.9 Å². The van der Waals surface area contributed by atoms with Gasteiger partial charge in [-0.2, -0.15) is 5.10 Å². The van der Waals surface area contributed by atoms with Gasteiger partial charge in [-0.25, -0.2) is 4.39 Å². The molecule has 7 heteroatoms. The monoisotopic (exact) mass is 263 g/mol. The van der Waals surface area contributed by atoms with Crippen LogP contribution in [0.4, 0.5) is 21.5 Å². The average Bonchev–Trinajstić information content (AvgIpc) is 2.60. The molecule has 19 heavy (non-hydrogen) atoms. The van der Waals surface area contributed by atoms with Crippen LogP contribution in [0.5, 0.6) is 0 Å². The largest absolute Gasteiger partial charge is 0.398 e. The zero-order valence-corrected chi connectivity index (χ0v) is 10.6. The Balaban J connectivity index is 2.42. The zero-order valence-electron chi connectivity index (χ0n) is 10.6. The van der Waals surface area contributed by atoms with Crippen LogP contribution in [-0.2, 0) is 7.05 Å². The van der Waals surface area contributed by atoms with E-state index in [1.807, 2.05) is 0 Å². The Morgan fingerprint density at radius 2 is 2.11 bits per heavy atom. The summed E-state index contributed by atoms with van der Waals surface area (Å²) >= 11 is 0. The van der Waals surface area contributed by atoms with Crippen LogP contribution in [0.2, 0.25) is 0 Å². The van der Waals surface area contributed by atoms with Gasteiger partial charge in [0.05, 0.1) is 22.6 Å². The van der Waals surface area contributed by atoms with E-state index in [4.69, 9.17) is 11.5 Å². The highest BCUT2D eigenvalue weighted by atomic mass is 19.1. The van der Waals surface area contributed by atoms with E-state index in [1.54, 1.807) is 24.9 Å². The average molecular weight is 263 g/mol. The summed E-state index contributed by atoms with van der Waals surface area (Å²) in [4.78, 5) is 11.2. The highest BCUT2D eigenvalue weighted by molar-refractivity contribution is 5.99. The molecule has 2 rings (SSSR count). The number of hydrogen-bond donors (Lipinski definition) is 3. The lowest BCUT2D eigenvalue weighted by atomic mass is 10.1. The van der Waals surface area contributed by atoms with Gasteiger partial charge in [0.15, 0.2) is 0 Å². The maximum atomic E-state index is 13.8. The van der Waals surface area contributed by atoms with Crippen LogP contribution in [0.15, 0.2) is 18.3 Å². The van der Waals surface area contributed by atoms with Crippen molar-refractivity contribution in [2.24, 2.45) is 12.8 Å². The zero-order chi connectivity index (χ0) is 14.2. The molecule has 1 aromatic heterocycles. The van der Waals surface area contributed by atoms with Crippen LogP contribution in [0.25, 0.3) is 0 Å². The lowest BCUT2D eigenvalue weighted by molar-refractivity contribution is 0.100. The molecular weight excluding hydrogens is 249 g/mol. The number of amides is 1. The fraction of sp³-hybridized carbons (Fsp3) is 0.167. The predicted molar refractivity (Wildman–Crippen MR) is 70.6 cm³/mol. The van der Waals surface area contributed by atoms with Crippen LogP contribution in [0.3, 0.4) is 0 Å². The maximum Gasteiger partial charge on any atom is 0.250 e. The smallest absolute Gasteiger partial charge is 0.250 e. The predicted octanol–water partition coefficient (Wildman–Crippen LogP) is 1.29. The van der Waals surface area contributed by atoms with Gasteiger partial charge in [-0.1, -0.05) is 0 Å². The van der Waals surface area contributed by atoms with Crippen molar-refractivity contribution in [2.75, 3.05) is 11.1 Å². The summed E-state index contributed by atoms with van der Waals surface area (Å²) in [5, 5.41) is 6.99. The number of primary amides is 1. The van der Waals surface area contributed by atoms with Crippen LogP contribution < -0.4 is 16.8 Å². The summed E-state index contributed by atoms with van der Waals surface area (Å²) in [6, 6.07) is 2.35. The van der Waals surface area contributed by atoms with Crippen molar-refractivity contribution < 1.29 is 9.18 Å². The van der Waals surface area contributed by atoms with Crippen LogP contribution in [-0.4, -0.2) is 15.7 Å². The van der Waals surface area contributed by atoms with Crippen molar-refractivity contribution in [3.8, 4) is 0 Å². The Bertz CT molecular complexity index is 650. The molecule has 0 aliphatic carbocycles. The third-order valence-electron chi connectivity index (χ3n) is 2.69. The van der Waals surface area contributed by atoms with E-state index in [1.165, 1.54) is 6.07 Å². The Morgan fingerprint density at radius 1 is 1.42 bits per heavy atom. The molecule has 0 fully saturated rings. The molecule has 0 aliphatic rings. The minimum absolute atomic E-state index is 0.0125. The molecular formula is C12H14FN5O. The molecule has 0 saturated carbocycles. The second kappa shape index (κ2) is 4.60. The summed E-state index contributed by atoms with van der Waals surface area (Å²) in [6.45, 7) is 1.78. The number of nitrogens with one attached hydrogen (secondary N) is 1. The number of nitrogens with zero attached hydrogens (tertiary/aromatic N) is 2. The standard InChI is InChI=1S/C12H14FN5O/c1-6-11(5-18(2)17-6)16-10-3-7(12(15)19)9(14)4-8(10)13/h3-5,16H,14H2,1-2H3,(H2,15,19). The highest BCUT2D eigenvalue weighted by Gasteiger charge is 2.13. The number of nitrogens with two attached hydrogens (primary N) is 2. The maximum absolute atomic E-state index is 13.8. The molecule has 1 heterocycles. The summed E-state index contributed by atoms with van der Waals surface area (Å²) in [5.74, 6) is -1.27. The number of halogens is 1. The second-order valence-corrected chi connectivity index (χ2v) is 4.21. The molecule has 0 spiro atoms. The number of rotatable bonds is 3. The molecule has 2 aromatic rings. The van der Waals surface area contributed by atoms with E-state index < -0.39 is 11.7 Å². The van der Waals surface area contributed by atoms with Gasteiger partial charge in [0.2, 0.25) is 0 Å². The summed E-state index contributed by atoms with van der Waals surface area (Å²) < 4.78 is 15.4. The number of hydrogen-bond acceptors (Lipinski definition) is 4. The van der Waals surface area contributed by atoms with Gasteiger partial charge in [-0.15, -0.1) is 0 Å². The van der Waals surface area contributed by atoms with E-state index in [0.717, 1.165) is 6.07 Å². The van der Waals surface area contributed by atoms with E-state index in [-0.39, 0.29) is 16.9 Å². The molecule has 100 valence electrons. The van der Waals surface area contributed by atoms with Crippen molar-refractivity contribution >= 4 is 23.0 Å². The molecule has 0 unspecified atom stereocenters. The van der Waals surface area contributed by atoms with Crippen LogP contribution in [0.1, 0.15) is 16.1 Å². The lowest BCUT2D eigenvalue weighted by Crippen LogP contribution is -2.14. The Labute approximate surface area is 109 Å². The van der Waals surface area contributed by atoms with Gasteiger partial charge in [-0.3, -0.25) is 9.48 Å². The molecule has 5 N–H and O–H groups in total. The Hall–Kier alpha value is -2.57. The number of aryl methyl sites for hydroxylation is 2. The number of carbonyl (C=O) groups is 1. The van der Waals surface area contributed by atoms with Crippen molar-refractivity contribution in [3.63, 3.8) is 0 Å². The van der Waals surface area contributed by atoms with E-state index in [0.29, 0.717) is 11.4 Å². The first-order valence-electron chi connectivity index (χ1n) is 5.54. The van der Waals surface area contributed by atoms with Crippen molar-refractivity contribution in [1.82, 2.24) is 9.78 Å². The summed E-state index contributed by atoms with van der Waals surface area (Å²) in [6.07, 6.45) is 1.70. The van der Waals surface area contributed by atoms with E-state index in [9.17, 15) is 9.18 Å². The van der Waals surface area contributed by atoms with Gasteiger partial charge < -0.3 is 16.8 Å². The second-order valence-electron chi connectivity index (χ2n) is 4.21. The third-order valence-corrected chi connectivity index (χ3v) is 2.69. The molecule has 0 atom stereocenters. The number of carbonyl (C=O) groups excluding carboxylic acids is 1. The number of benzene rings is 1. The highest BCUT2D eigenvalue weighted by Crippen LogP contribution is 2.26. The van der Waals surface area contributed by atoms with Gasteiger partial charge in [0.25, 0.3) is 5.91 Å². The minimum Gasteiger partial charge on any atom is -0.398 e. The van der Waals surface area contributed by atoms with Gasteiger partial charge in [0.1, 0.15) is 5.82 Å². The molecule has 0 aliphatic heterocycles. The number of aromatic nitrogens is 2. The summed E-state index contributed by atoms with van der Waals surface area (Å²) in [5.41, 5.74) is 12.3. The first kappa shape index (κ1) is 12.9. The molecule has 0 bridgehead atoms. The summed E-state index contributed by atoms with van der Waals surface area (Å²) in [7, 11) is 1.76. The quantitative estimate of drug-likeness (QED) is 0.726. The number of nitrogen functional groups attached to an aromatic ring is 1. The van der Waals surface area contributed by atoms with E-state index >= 15 is 0 Å². The number of anilines is 3. The topological polar surface area (TPSA) is 99.0 Å². The molecule has 6 nitrogen and oxygen atoms in total. The fourth-order valence-corrected chi connectivity index (χ4v) is 1.77. The van der Waals surface area contributed by atoms with Gasteiger partial charge >= 0.3 is 0 Å². The lowest BCUT2D eigenvalue weighted by Gasteiger charge is -2.09. The molecule has 1 aromatic carbocycles. The minimum atomic E-state index is -0.705. The normalized spacial score (nSPS) is 10.5. The molecule has 1 amide bonds. The third kappa shape index (κ3) is 2.49. The first-order valence-corrected chi connectivity index (χ1v) is 5.54. The Morgan fingerprint density at radius 3 is 2.63 bits per heavy atom. The van der Waals surface area contributed by atoms with Crippen molar-refractivity contribution in [3.05, 3.63) is 35.4 Å². The van der Waals surface area contributed by atoms with Gasteiger partial charge in [-0.05, 0) is 19.1 Å². The van der Waals surface area contributed by atoms with E-state index in [2.05, 4.69) is 10.4 Å². The SMILES string of the molecule is Cc1nn(C)cc1Nc1cc(C(N)=O)c(N)cc1F. The van der Waals surface area contributed by atoms with Crippen LogP contribution >= 0.6 is 0 Å². The van der Waals surface area contributed by atoms with Crippen molar-refractivity contribution in [1.29, 1.82) is 0 Å². The Kier molecular flexibility index (Phi) is 3.12. The molecule has 0 saturated heterocycles.